The smallest absolute Gasteiger partial charge is 0.323 e. The zero-order valence-corrected chi connectivity index (χ0v) is 10.6. The van der Waals surface area contributed by atoms with Gasteiger partial charge in [-0.1, -0.05) is 0 Å². The number of imidazole rings is 1. The number of rotatable bonds is 4. The molecule has 0 spiro atoms. The minimum atomic E-state index is -0.620. The van der Waals surface area contributed by atoms with Gasteiger partial charge < -0.3 is 20.4 Å². The number of aromatic amines is 1. The zero-order valence-electron chi connectivity index (χ0n) is 10.6. The lowest BCUT2D eigenvalue weighted by atomic mass is 10.1. The first-order valence-corrected chi connectivity index (χ1v) is 6.27. The van der Waals surface area contributed by atoms with Gasteiger partial charge in [0.05, 0.1) is 6.33 Å². The average Bonchev–Trinajstić information content (AvgIpc) is 2.85. The Hall–Kier alpha value is -1.40. The monoisotopic (exact) mass is 252 g/mol. The molecule has 1 aromatic rings. The molecule has 0 radical (unpaired) electrons. The van der Waals surface area contributed by atoms with Gasteiger partial charge in [0.25, 0.3) is 0 Å². The zero-order chi connectivity index (χ0) is 13.0. The highest BCUT2D eigenvalue weighted by Crippen LogP contribution is 2.13. The number of likely N-dealkylation sites (tertiary alicyclic amines) is 1. The fourth-order valence-electron chi connectivity index (χ4n) is 2.07. The Labute approximate surface area is 107 Å². The fourth-order valence-corrected chi connectivity index (χ4v) is 2.07. The molecule has 2 rings (SSSR count). The highest BCUT2D eigenvalue weighted by molar-refractivity contribution is 5.76. The van der Waals surface area contributed by atoms with Crippen molar-refractivity contribution in [3.63, 3.8) is 0 Å². The lowest BCUT2D eigenvalue weighted by Crippen LogP contribution is -2.40. The van der Waals surface area contributed by atoms with Crippen LogP contribution in [0.1, 0.15) is 18.5 Å². The quantitative estimate of drug-likeness (QED) is 0.732. The minimum absolute atomic E-state index is 0.0153. The van der Waals surface area contributed by atoms with E-state index in [1.54, 1.807) is 12.5 Å². The Balaban J connectivity index is 1.77. The van der Waals surface area contributed by atoms with Crippen LogP contribution in [0, 0.1) is 0 Å². The molecule has 18 heavy (non-hydrogen) atoms. The first kappa shape index (κ1) is 13.0. The molecule has 1 unspecified atom stereocenters. The molecule has 0 bridgehead atoms. The first-order chi connectivity index (χ1) is 8.65. The SMILES string of the molecule is CN1CCC(OC(=O)C(N)Cc2cnc[nH]2)CC1. The van der Waals surface area contributed by atoms with E-state index in [1.807, 2.05) is 0 Å². The Morgan fingerprint density at radius 1 is 1.67 bits per heavy atom. The van der Waals surface area contributed by atoms with Gasteiger partial charge in [-0.05, 0) is 19.9 Å². The number of esters is 1. The molecule has 0 aliphatic carbocycles. The van der Waals surface area contributed by atoms with Crippen molar-refractivity contribution in [1.29, 1.82) is 0 Å². The van der Waals surface area contributed by atoms with E-state index in [-0.39, 0.29) is 12.1 Å². The van der Waals surface area contributed by atoms with E-state index in [4.69, 9.17) is 10.5 Å². The van der Waals surface area contributed by atoms with Crippen molar-refractivity contribution >= 4 is 5.97 Å². The molecule has 1 saturated heterocycles. The molecule has 1 fully saturated rings. The summed E-state index contributed by atoms with van der Waals surface area (Å²) < 4.78 is 5.43. The van der Waals surface area contributed by atoms with Crippen LogP contribution < -0.4 is 5.73 Å². The van der Waals surface area contributed by atoms with E-state index in [9.17, 15) is 4.79 Å². The molecule has 0 amide bonds. The average molecular weight is 252 g/mol. The van der Waals surface area contributed by atoms with E-state index in [1.165, 1.54) is 0 Å². The second-order valence-corrected chi connectivity index (χ2v) is 4.83. The fraction of sp³-hybridized carbons (Fsp3) is 0.667. The van der Waals surface area contributed by atoms with Crippen LogP contribution in [0.5, 0.6) is 0 Å². The van der Waals surface area contributed by atoms with Crippen molar-refractivity contribution < 1.29 is 9.53 Å². The first-order valence-electron chi connectivity index (χ1n) is 6.27. The molecule has 1 aliphatic rings. The number of aromatic nitrogens is 2. The van der Waals surface area contributed by atoms with Crippen LogP contribution in [-0.2, 0) is 16.0 Å². The predicted octanol–water partition coefficient (Wildman–Crippen LogP) is -0.0831. The minimum Gasteiger partial charge on any atom is -0.461 e. The van der Waals surface area contributed by atoms with Gasteiger partial charge in [0.15, 0.2) is 0 Å². The molecule has 1 aromatic heterocycles. The predicted molar refractivity (Wildman–Crippen MR) is 66.9 cm³/mol. The van der Waals surface area contributed by atoms with Gasteiger partial charge >= 0.3 is 5.97 Å². The van der Waals surface area contributed by atoms with E-state index >= 15 is 0 Å². The summed E-state index contributed by atoms with van der Waals surface area (Å²) in [5, 5.41) is 0. The Kier molecular flexibility index (Phi) is 4.33. The van der Waals surface area contributed by atoms with Crippen molar-refractivity contribution in [3.05, 3.63) is 18.2 Å². The summed E-state index contributed by atoms with van der Waals surface area (Å²) in [6.07, 6.45) is 5.47. The van der Waals surface area contributed by atoms with Crippen LogP contribution in [0.15, 0.2) is 12.5 Å². The second-order valence-electron chi connectivity index (χ2n) is 4.83. The number of ether oxygens (including phenoxy) is 1. The summed E-state index contributed by atoms with van der Waals surface area (Å²) in [5.74, 6) is -0.320. The number of carbonyl (C=O) groups excluding carboxylic acids is 1. The summed E-state index contributed by atoms with van der Waals surface area (Å²) in [4.78, 5) is 20.9. The van der Waals surface area contributed by atoms with Crippen LogP contribution >= 0.6 is 0 Å². The van der Waals surface area contributed by atoms with Gasteiger partial charge in [-0.3, -0.25) is 4.79 Å². The van der Waals surface area contributed by atoms with Gasteiger partial charge in [-0.25, -0.2) is 4.98 Å². The van der Waals surface area contributed by atoms with Crippen LogP contribution in [0.25, 0.3) is 0 Å². The number of piperidine rings is 1. The van der Waals surface area contributed by atoms with E-state index in [2.05, 4.69) is 21.9 Å². The summed E-state index contributed by atoms with van der Waals surface area (Å²) in [6.45, 7) is 1.93. The molecule has 1 aliphatic heterocycles. The highest BCUT2D eigenvalue weighted by atomic mass is 16.5. The highest BCUT2D eigenvalue weighted by Gasteiger charge is 2.23. The van der Waals surface area contributed by atoms with Crippen molar-refractivity contribution in [1.82, 2.24) is 14.9 Å². The maximum absolute atomic E-state index is 11.8. The number of hydrogen-bond acceptors (Lipinski definition) is 5. The maximum atomic E-state index is 11.8. The normalized spacial score (nSPS) is 19.7. The Morgan fingerprint density at radius 3 is 3.00 bits per heavy atom. The van der Waals surface area contributed by atoms with Crippen molar-refractivity contribution in [2.24, 2.45) is 5.73 Å². The van der Waals surface area contributed by atoms with Gasteiger partial charge in [-0.2, -0.15) is 0 Å². The van der Waals surface area contributed by atoms with Crippen LogP contribution in [0.4, 0.5) is 0 Å². The van der Waals surface area contributed by atoms with Gasteiger partial charge in [0.2, 0.25) is 0 Å². The molecular weight excluding hydrogens is 232 g/mol. The molecule has 0 saturated carbocycles. The van der Waals surface area contributed by atoms with Gasteiger partial charge in [-0.15, -0.1) is 0 Å². The van der Waals surface area contributed by atoms with E-state index in [0.717, 1.165) is 31.6 Å². The third-order valence-electron chi connectivity index (χ3n) is 3.25. The molecular formula is C12H20N4O2. The van der Waals surface area contributed by atoms with Crippen LogP contribution in [-0.4, -0.2) is 53.1 Å². The Bertz CT molecular complexity index is 371. The number of nitrogens with one attached hydrogen (secondary N) is 1. The maximum Gasteiger partial charge on any atom is 0.323 e. The standard InChI is InChI=1S/C12H20N4O2/c1-16-4-2-10(3-5-16)18-12(17)11(13)6-9-7-14-8-15-9/h7-8,10-11H,2-6,13H2,1H3,(H,14,15). The number of nitrogens with two attached hydrogens (primary N) is 1. The number of H-pyrrole nitrogens is 1. The molecule has 6 heteroatoms. The second kappa shape index (κ2) is 5.97. The van der Waals surface area contributed by atoms with E-state index in [0.29, 0.717) is 6.42 Å². The van der Waals surface area contributed by atoms with Crippen molar-refractivity contribution in [3.8, 4) is 0 Å². The summed E-state index contributed by atoms with van der Waals surface area (Å²) >= 11 is 0. The molecule has 0 aromatic carbocycles. The summed E-state index contributed by atoms with van der Waals surface area (Å²) in [5.41, 5.74) is 6.67. The molecule has 1 atom stereocenters. The largest absolute Gasteiger partial charge is 0.461 e. The molecule has 6 nitrogen and oxygen atoms in total. The van der Waals surface area contributed by atoms with Gasteiger partial charge in [0, 0.05) is 31.4 Å². The number of nitrogens with zero attached hydrogens (tertiary/aromatic N) is 2. The number of carbonyl (C=O) groups is 1. The van der Waals surface area contributed by atoms with Crippen LogP contribution in [0.3, 0.4) is 0 Å². The number of hydrogen-bond donors (Lipinski definition) is 2. The van der Waals surface area contributed by atoms with Gasteiger partial charge in [0.1, 0.15) is 12.1 Å². The molecule has 3 N–H and O–H groups in total. The summed E-state index contributed by atoms with van der Waals surface area (Å²) in [6, 6.07) is -0.620. The molecule has 2 heterocycles. The third-order valence-corrected chi connectivity index (χ3v) is 3.25. The summed E-state index contributed by atoms with van der Waals surface area (Å²) in [7, 11) is 2.07. The third kappa shape index (κ3) is 3.54. The van der Waals surface area contributed by atoms with Crippen molar-refractivity contribution in [2.45, 2.75) is 31.4 Å². The van der Waals surface area contributed by atoms with Crippen molar-refractivity contribution in [2.75, 3.05) is 20.1 Å². The lowest BCUT2D eigenvalue weighted by molar-refractivity contribution is -0.152. The van der Waals surface area contributed by atoms with Crippen LogP contribution in [0.2, 0.25) is 0 Å². The van der Waals surface area contributed by atoms with E-state index < -0.39 is 6.04 Å². The Morgan fingerprint density at radius 2 is 2.39 bits per heavy atom. The topological polar surface area (TPSA) is 84.2 Å². The molecule has 100 valence electrons. The lowest BCUT2D eigenvalue weighted by Gasteiger charge is -2.29.